The highest BCUT2D eigenvalue weighted by molar-refractivity contribution is 6.24. The summed E-state index contributed by atoms with van der Waals surface area (Å²) in [7, 11) is 3.24. The third-order valence-corrected chi connectivity index (χ3v) is 7.40. The fraction of sp³-hybridized carbons (Fsp3) is 0.500. The Hall–Kier alpha value is -2.75. The molecule has 1 saturated carbocycles. The topological polar surface area (TPSA) is 168 Å². The molecule has 3 aliphatic rings. The number of likely N-dealkylation sites (N-methyl/N-ethyl adjacent to an activating group) is 1. The molecule has 1 aromatic rings. The number of carbonyl (C=O) groups is 2. The monoisotopic (exact) mass is 429 g/mol. The smallest absolute Gasteiger partial charge is 0.254 e. The molecule has 0 saturated heterocycles. The molecule has 1 fully saturated rings. The molecule has 9 heteroatoms. The number of aliphatic hydroxyl groups excluding tert-OH is 2. The van der Waals surface area contributed by atoms with Crippen molar-refractivity contribution in [1.82, 2.24) is 4.90 Å². The fourth-order valence-corrected chi connectivity index (χ4v) is 6.07. The molecule has 0 spiro atoms. The molecule has 7 N–H and O–H groups in total. The number of primary amides is 1. The maximum absolute atomic E-state index is 13.4. The number of Topliss-reactive ketones (excluding diaryl/α,β-unsaturated/α-hetero) is 1. The van der Waals surface area contributed by atoms with Gasteiger partial charge in [0.1, 0.15) is 22.7 Å². The van der Waals surface area contributed by atoms with Gasteiger partial charge in [0.05, 0.1) is 23.4 Å². The minimum Gasteiger partial charge on any atom is -0.510 e. The lowest BCUT2D eigenvalue weighted by molar-refractivity contribution is -0.138. The first kappa shape index (κ1) is 21.5. The van der Waals surface area contributed by atoms with Gasteiger partial charge in [-0.25, -0.2) is 0 Å². The summed E-state index contributed by atoms with van der Waals surface area (Å²) < 4.78 is 0. The third-order valence-electron chi connectivity index (χ3n) is 7.40. The lowest BCUT2D eigenvalue weighted by Gasteiger charge is -2.57. The number of hydrogen-bond acceptors (Lipinski definition) is 8. The number of nitrogens with one attached hydrogen (secondary N) is 1. The number of hydrogen-bond donors (Lipinski definition) is 6. The van der Waals surface area contributed by atoms with Gasteiger partial charge in [0.15, 0.2) is 5.78 Å². The second kappa shape index (κ2) is 6.88. The van der Waals surface area contributed by atoms with Crippen LogP contribution in [0.3, 0.4) is 0 Å². The summed E-state index contributed by atoms with van der Waals surface area (Å²) in [5.74, 6) is -5.01. The molecule has 0 radical (unpaired) electrons. The Labute approximate surface area is 179 Å². The first-order chi connectivity index (χ1) is 14.4. The number of fused-ring (bicyclic) bond motifs is 3. The van der Waals surface area contributed by atoms with Gasteiger partial charge in [0.2, 0.25) is 0 Å². The van der Waals surface area contributed by atoms with Gasteiger partial charge in [0, 0.05) is 17.8 Å². The molecule has 166 valence electrons. The minimum absolute atomic E-state index is 0.158. The van der Waals surface area contributed by atoms with E-state index in [-0.39, 0.29) is 23.7 Å². The summed E-state index contributed by atoms with van der Waals surface area (Å²) >= 11 is 0. The molecule has 3 aliphatic carbocycles. The van der Waals surface area contributed by atoms with E-state index in [1.165, 1.54) is 6.07 Å². The zero-order chi connectivity index (χ0) is 23.0. The van der Waals surface area contributed by atoms with Crippen molar-refractivity contribution in [3.63, 3.8) is 0 Å². The second-order valence-electron chi connectivity index (χ2n) is 9.13. The molecule has 31 heavy (non-hydrogen) atoms. The lowest BCUT2D eigenvalue weighted by atomic mass is 9.51. The summed E-state index contributed by atoms with van der Waals surface area (Å²) in [6, 6.07) is 3.80. The van der Waals surface area contributed by atoms with Gasteiger partial charge in [-0.2, -0.15) is 0 Å². The summed E-state index contributed by atoms with van der Waals surface area (Å²) in [6.45, 7) is 1.85. The Morgan fingerprint density at radius 3 is 2.52 bits per heavy atom. The molecule has 0 aromatic heterocycles. The number of phenols is 1. The SMILES string of the molecule is C[C@H]1c2cccc(O)c2C(=O)C2C[C@]3(O)C(=N)C(C(N)=O)=C(O)[C@@H](N(C)C)C3[C@@H](O)C21. The second-order valence-corrected chi connectivity index (χ2v) is 9.13. The van der Waals surface area contributed by atoms with Crippen LogP contribution in [-0.2, 0) is 4.79 Å². The van der Waals surface area contributed by atoms with Crippen LogP contribution in [0.2, 0.25) is 0 Å². The van der Waals surface area contributed by atoms with Crippen LogP contribution >= 0.6 is 0 Å². The Morgan fingerprint density at radius 1 is 1.29 bits per heavy atom. The van der Waals surface area contributed by atoms with E-state index in [0.29, 0.717) is 5.56 Å². The van der Waals surface area contributed by atoms with Crippen molar-refractivity contribution in [3.05, 3.63) is 40.7 Å². The van der Waals surface area contributed by atoms with Crippen molar-refractivity contribution >= 4 is 17.4 Å². The third kappa shape index (κ3) is 2.70. The summed E-state index contributed by atoms with van der Waals surface area (Å²) in [5.41, 5.74) is 3.01. The zero-order valence-corrected chi connectivity index (χ0v) is 17.5. The van der Waals surface area contributed by atoms with Crippen LogP contribution in [0.1, 0.15) is 35.2 Å². The fourth-order valence-electron chi connectivity index (χ4n) is 6.07. The number of nitrogens with zero attached hydrogens (tertiary/aromatic N) is 1. The number of aromatic hydroxyl groups is 1. The maximum atomic E-state index is 13.4. The van der Waals surface area contributed by atoms with Crippen molar-refractivity contribution in [2.45, 2.75) is 37.0 Å². The Morgan fingerprint density at radius 2 is 1.94 bits per heavy atom. The Kier molecular flexibility index (Phi) is 4.77. The van der Waals surface area contributed by atoms with Gasteiger partial charge in [0.25, 0.3) is 5.91 Å². The summed E-state index contributed by atoms with van der Waals surface area (Å²) in [5, 5.41) is 52.8. The maximum Gasteiger partial charge on any atom is 0.254 e. The highest BCUT2D eigenvalue weighted by Crippen LogP contribution is 2.56. The molecular weight excluding hydrogens is 402 g/mol. The van der Waals surface area contributed by atoms with Crippen LogP contribution in [0.4, 0.5) is 0 Å². The highest BCUT2D eigenvalue weighted by Gasteiger charge is 2.64. The molecule has 9 nitrogen and oxygen atoms in total. The molecule has 4 rings (SSSR count). The summed E-state index contributed by atoms with van der Waals surface area (Å²) in [4.78, 5) is 26.9. The predicted octanol–water partition coefficient (Wildman–Crippen LogP) is 0.297. The number of phenolic OH excluding ortho intramolecular Hbond substituents is 1. The number of benzene rings is 1. The van der Waals surface area contributed by atoms with Crippen molar-refractivity contribution in [3.8, 4) is 5.75 Å². The van der Waals surface area contributed by atoms with E-state index in [1.54, 1.807) is 31.1 Å². The molecule has 0 heterocycles. The molecule has 0 aliphatic heterocycles. The Bertz CT molecular complexity index is 1030. The Balaban J connectivity index is 1.92. The lowest BCUT2D eigenvalue weighted by Crippen LogP contribution is -2.69. The largest absolute Gasteiger partial charge is 0.510 e. The molecule has 1 amide bonds. The van der Waals surface area contributed by atoms with Crippen LogP contribution in [-0.4, -0.2) is 74.6 Å². The summed E-state index contributed by atoms with van der Waals surface area (Å²) in [6.07, 6.45) is -1.51. The number of aliphatic hydroxyl groups is 3. The number of carbonyl (C=O) groups excluding carboxylic acids is 2. The van der Waals surface area contributed by atoms with Gasteiger partial charge < -0.3 is 31.6 Å². The van der Waals surface area contributed by atoms with Gasteiger partial charge >= 0.3 is 0 Å². The predicted molar refractivity (Wildman–Crippen MR) is 111 cm³/mol. The van der Waals surface area contributed by atoms with Gasteiger partial charge in [-0.1, -0.05) is 19.1 Å². The highest BCUT2D eigenvalue weighted by atomic mass is 16.3. The van der Waals surface area contributed by atoms with Crippen LogP contribution < -0.4 is 5.73 Å². The zero-order valence-electron chi connectivity index (χ0n) is 17.5. The number of amides is 1. The van der Waals surface area contributed by atoms with Crippen molar-refractivity contribution in [2.75, 3.05) is 14.1 Å². The van der Waals surface area contributed by atoms with Crippen LogP contribution in [0.15, 0.2) is 29.5 Å². The van der Waals surface area contributed by atoms with E-state index in [4.69, 9.17) is 11.1 Å². The van der Waals surface area contributed by atoms with Crippen molar-refractivity contribution in [1.29, 1.82) is 5.41 Å². The van der Waals surface area contributed by atoms with Crippen molar-refractivity contribution in [2.24, 2.45) is 23.5 Å². The number of ketones is 1. The van der Waals surface area contributed by atoms with E-state index >= 15 is 0 Å². The normalized spacial score (nSPS) is 37.4. The quantitative estimate of drug-likeness (QED) is 0.393. The van der Waals surface area contributed by atoms with Gasteiger partial charge in [-0.3, -0.25) is 14.5 Å². The molecule has 1 aromatic carbocycles. The first-order valence-electron chi connectivity index (χ1n) is 10.2. The van der Waals surface area contributed by atoms with Crippen LogP contribution in [0.25, 0.3) is 0 Å². The molecule has 7 atom stereocenters. The van der Waals surface area contributed by atoms with E-state index in [0.717, 1.165) is 0 Å². The molecule has 0 bridgehead atoms. The van der Waals surface area contributed by atoms with E-state index in [2.05, 4.69) is 0 Å². The van der Waals surface area contributed by atoms with Gasteiger partial charge in [-0.05, 0) is 38.1 Å². The molecule has 3 unspecified atom stereocenters. The van der Waals surface area contributed by atoms with E-state index in [9.17, 15) is 30.0 Å². The number of rotatable bonds is 2. The van der Waals surface area contributed by atoms with Crippen LogP contribution in [0.5, 0.6) is 5.75 Å². The van der Waals surface area contributed by atoms with Crippen LogP contribution in [0, 0.1) is 23.2 Å². The standard InChI is InChI=1S/C22H27N3O6/c1-8-9-5-4-6-11(26)13(9)17(27)10-7-22(31)15(18(28)12(8)10)16(25(2)3)19(29)14(20(22)23)21(24)30/h4-6,8,10,12,15-16,18,23,26,28-29,31H,7H2,1-3H3,(H2,24,30)/t8-,10?,12?,15?,16-,18-,22+/m0/s1. The number of nitrogens with two attached hydrogens (primary N) is 1. The van der Waals surface area contributed by atoms with Crippen molar-refractivity contribution < 1.29 is 30.0 Å². The average molecular weight is 429 g/mol. The van der Waals surface area contributed by atoms with E-state index in [1.807, 2.05) is 6.92 Å². The minimum atomic E-state index is -2.07. The first-order valence-corrected chi connectivity index (χ1v) is 10.2. The van der Waals surface area contributed by atoms with E-state index < -0.39 is 64.2 Å². The molecular formula is C22H27N3O6. The van der Waals surface area contributed by atoms with Gasteiger partial charge in [-0.15, -0.1) is 0 Å². The average Bonchev–Trinajstić information content (AvgIpc) is 2.67.